The molecule has 0 saturated heterocycles. The van der Waals surface area contributed by atoms with E-state index in [1.165, 1.54) is 12.1 Å². The zero-order valence-electron chi connectivity index (χ0n) is 21.0. The molecular weight excluding hydrogens is 521 g/mol. The number of anilines is 1. The Kier molecular flexibility index (Phi) is 12.0. The summed E-state index contributed by atoms with van der Waals surface area (Å²) in [7, 11) is -3.67. The molecule has 0 fully saturated rings. The Bertz CT molecular complexity index is 1110. The average molecular weight is 557 g/mol. The third-order valence-corrected chi connectivity index (χ3v) is 7.47. The summed E-state index contributed by atoms with van der Waals surface area (Å²) in [5.74, 6) is -0.402. The van der Waals surface area contributed by atoms with Crippen LogP contribution < -0.4 is 9.62 Å². The van der Waals surface area contributed by atoms with E-state index in [0.29, 0.717) is 18.0 Å². The van der Waals surface area contributed by atoms with Crippen molar-refractivity contribution in [1.29, 1.82) is 0 Å². The lowest BCUT2D eigenvalue weighted by atomic mass is 10.1. The smallest absolute Gasteiger partial charge is 0.242 e. The van der Waals surface area contributed by atoms with Crippen molar-refractivity contribution in [2.24, 2.45) is 0 Å². The standard InChI is InChI=1S/C26H35Cl2N3O4S/c1-4-6-16-29-26(33)23(5-2)30(19-20-11-8-7-9-12-20)25(32)13-10-17-31(36(3,34)35)24-18-21(27)14-15-22(24)28/h7-9,11-12,14-15,18,23H,4-6,10,13,16-17,19H2,1-3H3,(H,29,33)/t23-/m0/s1. The highest BCUT2D eigenvalue weighted by Gasteiger charge is 2.29. The summed E-state index contributed by atoms with van der Waals surface area (Å²) in [5.41, 5.74) is 1.18. The Balaban J connectivity index is 2.20. The lowest BCUT2D eigenvalue weighted by molar-refractivity contribution is -0.141. The molecule has 0 aromatic heterocycles. The first-order valence-electron chi connectivity index (χ1n) is 12.1. The van der Waals surface area contributed by atoms with Crippen molar-refractivity contribution in [3.63, 3.8) is 0 Å². The minimum atomic E-state index is -3.67. The average Bonchev–Trinajstić information content (AvgIpc) is 2.83. The second-order valence-electron chi connectivity index (χ2n) is 8.61. The number of carbonyl (C=O) groups is 2. The number of hydrogen-bond acceptors (Lipinski definition) is 4. The van der Waals surface area contributed by atoms with Crippen molar-refractivity contribution in [1.82, 2.24) is 10.2 Å². The van der Waals surface area contributed by atoms with Gasteiger partial charge in [0.25, 0.3) is 0 Å². The van der Waals surface area contributed by atoms with Crippen LogP contribution >= 0.6 is 23.2 Å². The number of nitrogens with zero attached hydrogens (tertiary/aromatic N) is 2. The fraction of sp³-hybridized carbons (Fsp3) is 0.462. The van der Waals surface area contributed by atoms with E-state index in [1.54, 1.807) is 11.0 Å². The first-order valence-corrected chi connectivity index (χ1v) is 14.7. The summed E-state index contributed by atoms with van der Waals surface area (Å²) in [4.78, 5) is 27.9. The van der Waals surface area contributed by atoms with Crippen molar-refractivity contribution < 1.29 is 18.0 Å². The Morgan fingerprint density at radius 1 is 1.03 bits per heavy atom. The lowest BCUT2D eigenvalue weighted by Crippen LogP contribution is -2.49. The molecule has 36 heavy (non-hydrogen) atoms. The molecule has 0 spiro atoms. The Morgan fingerprint density at radius 2 is 1.72 bits per heavy atom. The molecule has 0 saturated carbocycles. The van der Waals surface area contributed by atoms with Crippen LogP contribution in [-0.4, -0.2) is 50.5 Å². The predicted octanol–water partition coefficient (Wildman–Crippen LogP) is 5.26. The maximum absolute atomic E-state index is 13.4. The van der Waals surface area contributed by atoms with Gasteiger partial charge in [-0.2, -0.15) is 0 Å². The molecule has 0 unspecified atom stereocenters. The highest BCUT2D eigenvalue weighted by atomic mass is 35.5. The zero-order valence-corrected chi connectivity index (χ0v) is 23.4. The number of sulfonamides is 1. The van der Waals surface area contributed by atoms with E-state index in [2.05, 4.69) is 5.32 Å². The van der Waals surface area contributed by atoms with Gasteiger partial charge in [0.2, 0.25) is 21.8 Å². The van der Waals surface area contributed by atoms with Crippen molar-refractivity contribution in [3.05, 3.63) is 64.1 Å². The van der Waals surface area contributed by atoms with Gasteiger partial charge in [0.05, 0.1) is 17.0 Å². The number of nitrogens with one attached hydrogen (secondary N) is 1. The van der Waals surface area contributed by atoms with Gasteiger partial charge >= 0.3 is 0 Å². The number of amides is 2. The highest BCUT2D eigenvalue weighted by Crippen LogP contribution is 2.31. The first kappa shape index (κ1) is 29.9. The van der Waals surface area contributed by atoms with Gasteiger partial charge in [-0.1, -0.05) is 73.8 Å². The lowest BCUT2D eigenvalue weighted by Gasteiger charge is -2.31. The Labute approximate surface area is 224 Å². The van der Waals surface area contributed by atoms with Crippen molar-refractivity contribution in [2.75, 3.05) is 23.7 Å². The highest BCUT2D eigenvalue weighted by molar-refractivity contribution is 7.92. The molecule has 2 aromatic rings. The van der Waals surface area contributed by atoms with Crippen LogP contribution in [0.15, 0.2) is 48.5 Å². The zero-order chi connectivity index (χ0) is 26.7. The third kappa shape index (κ3) is 8.98. The maximum Gasteiger partial charge on any atom is 0.242 e. The molecule has 2 rings (SSSR count). The fourth-order valence-corrected chi connectivity index (χ4v) is 5.27. The molecule has 10 heteroatoms. The summed E-state index contributed by atoms with van der Waals surface area (Å²) >= 11 is 12.3. The number of benzene rings is 2. The van der Waals surface area contributed by atoms with Gasteiger partial charge in [-0.15, -0.1) is 0 Å². The summed E-state index contributed by atoms with van der Waals surface area (Å²) in [6.45, 7) is 4.81. The fourth-order valence-electron chi connectivity index (χ4n) is 3.87. The van der Waals surface area contributed by atoms with E-state index in [9.17, 15) is 18.0 Å². The third-order valence-electron chi connectivity index (χ3n) is 5.74. The normalized spacial score (nSPS) is 12.1. The minimum absolute atomic E-state index is 0.0449. The second-order valence-corrected chi connectivity index (χ2v) is 11.4. The molecule has 2 aromatic carbocycles. The number of unbranched alkanes of at least 4 members (excludes halogenated alkanes) is 1. The largest absolute Gasteiger partial charge is 0.354 e. The van der Waals surface area contributed by atoms with E-state index in [0.717, 1.165) is 29.0 Å². The maximum atomic E-state index is 13.4. The van der Waals surface area contributed by atoms with E-state index >= 15 is 0 Å². The molecule has 1 N–H and O–H groups in total. The number of halogens is 2. The Hall–Kier alpha value is -2.29. The molecule has 2 amide bonds. The summed E-state index contributed by atoms with van der Waals surface area (Å²) in [6.07, 6.45) is 3.68. The molecule has 1 atom stereocenters. The molecule has 0 aliphatic carbocycles. The van der Waals surface area contributed by atoms with Crippen molar-refractivity contribution in [2.45, 2.75) is 58.5 Å². The summed E-state index contributed by atoms with van der Waals surface area (Å²) in [6, 6.07) is 13.5. The van der Waals surface area contributed by atoms with Crippen LogP contribution in [0.4, 0.5) is 5.69 Å². The quantitative estimate of drug-likeness (QED) is 0.322. The van der Waals surface area contributed by atoms with Gasteiger partial charge in [0.15, 0.2) is 0 Å². The first-order chi connectivity index (χ1) is 17.1. The van der Waals surface area contributed by atoms with Crippen molar-refractivity contribution >= 4 is 50.7 Å². The van der Waals surface area contributed by atoms with E-state index < -0.39 is 16.1 Å². The monoisotopic (exact) mass is 555 g/mol. The van der Waals surface area contributed by atoms with Gasteiger partial charge in [-0.05, 0) is 43.0 Å². The molecule has 0 heterocycles. The van der Waals surface area contributed by atoms with Crippen molar-refractivity contribution in [3.8, 4) is 0 Å². The molecule has 0 aliphatic heterocycles. The number of carbonyl (C=O) groups excluding carboxylic acids is 2. The summed E-state index contributed by atoms with van der Waals surface area (Å²) < 4.78 is 26.1. The summed E-state index contributed by atoms with van der Waals surface area (Å²) in [5, 5.41) is 3.54. The van der Waals surface area contributed by atoms with Crippen LogP contribution in [0.2, 0.25) is 10.0 Å². The van der Waals surface area contributed by atoms with Gasteiger partial charge in [-0.3, -0.25) is 13.9 Å². The van der Waals surface area contributed by atoms with E-state index in [4.69, 9.17) is 23.2 Å². The Morgan fingerprint density at radius 3 is 2.33 bits per heavy atom. The molecule has 0 bridgehead atoms. The number of rotatable bonds is 14. The van der Waals surface area contributed by atoms with Crippen LogP contribution in [0.25, 0.3) is 0 Å². The van der Waals surface area contributed by atoms with Crippen LogP contribution in [0.1, 0.15) is 51.5 Å². The van der Waals surface area contributed by atoms with E-state index in [-0.39, 0.29) is 48.5 Å². The number of hydrogen-bond donors (Lipinski definition) is 1. The molecule has 198 valence electrons. The minimum Gasteiger partial charge on any atom is -0.354 e. The van der Waals surface area contributed by atoms with Crippen LogP contribution in [0.3, 0.4) is 0 Å². The molecular formula is C26H35Cl2N3O4S. The van der Waals surface area contributed by atoms with Crippen LogP contribution in [-0.2, 0) is 26.2 Å². The predicted molar refractivity (Wildman–Crippen MR) is 147 cm³/mol. The molecule has 0 radical (unpaired) electrons. The molecule has 7 nitrogen and oxygen atoms in total. The van der Waals surface area contributed by atoms with Gasteiger partial charge in [0, 0.05) is 31.1 Å². The topological polar surface area (TPSA) is 86.8 Å². The van der Waals surface area contributed by atoms with E-state index in [1.807, 2.05) is 44.2 Å². The van der Waals surface area contributed by atoms with Crippen LogP contribution in [0.5, 0.6) is 0 Å². The van der Waals surface area contributed by atoms with Crippen LogP contribution in [0, 0.1) is 0 Å². The second kappa shape index (κ2) is 14.4. The SMILES string of the molecule is CCCCNC(=O)[C@H](CC)N(Cc1ccccc1)C(=O)CCCN(c1cc(Cl)ccc1Cl)S(C)(=O)=O. The van der Waals surface area contributed by atoms with Gasteiger partial charge in [0.1, 0.15) is 6.04 Å². The van der Waals surface area contributed by atoms with Gasteiger partial charge in [-0.25, -0.2) is 8.42 Å². The van der Waals surface area contributed by atoms with Gasteiger partial charge < -0.3 is 10.2 Å². The molecule has 0 aliphatic rings.